The molecule has 1 aliphatic heterocycles. The number of nitrogens with one attached hydrogen (secondary N) is 1. The van der Waals surface area contributed by atoms with Gasteiger partial charge in [-0.25, -0.2) is 0 Å². The first-order chi connectivity index (χ1) is 8.39. The van der Waals surface area contributed by atoms with Crippen LogP contribution in [0.1, 0.15) is 25.0 Å². The molecular weight excluding hydrogens is 224 g/mol. The van der Waals surface area contributed by atoms with E-state index in [1.54, 1.807) is 0 Å². The van der Waals surface area contributed by atoms with Gasteiger partial charge in [-0.2, -0.15) is 0 Å². The highest BCUT2D eigenvalue weighted by atomic mass is 16.3. The summed E-state index contributed by atoms with van der Waals surface area (Å²) < 4.78 is 0. The Hall–Kier alpha value is -1.06. The van der Waals surface area contributed by atoms with Gasteiger partial charge < -0.3 is 15.3 Å². The second kappa shape index (κ2) is 4.90. The molecule has 3 heteroatoms. The predicted molar refractivity (Wildman–Crippen MR) is 76.2 cm³/mol. The zero-order valence-corrected chi connectivity index (χ0v) is 11.8. The van der Waals surface area contributed by atoms with Crippen LogP contribution in [0.4, 0.5) is 5.69 Å². The SMILES string of the molecule is Cc1cccc(N2CC(C)NCC(C)(O)C2)c1C. The Bertz CT molecular complexity index is 429. The fourth-order valence-corrected chi connectivity index (χ4v) is 2.58. The van der Waals surface area contributed by atoms with Gasteiger partial charge in [0.1, 0.15) is 0 Å². The van der Waals surface area contributed by atoms with Crippen LogP contribution in [0.3, 0.4) is 0 Å². The minimum absolute atomic E-state index is 0.388. The standard InChI is InChI=1S/C15H24N2O/c1-11-6-5-7-14(13(11)3)17-8-12(2)16-9-15(4,18)10-17/h5-7,12,16,18H,8-10H2,1-4H3. The molecule has 0 saturated carbocycles. The van der Waals surface area contributed by atoms with Gasteiger partial charge in [0.25, 0.3) is 0 Å². The molecule has 2 rings (SSSR count). The summed E-state index contributed by atoms with van der Waals surface area (Å²) in [5.41, 5.74) is 3.17. The van der Waals surface area contributed by atoms with Gasteiger partial charge in [-0.1, -0.05) is 12.1 Å². The molecule has 1 aromatic carbocycles. The minimum atomic E-state index is -0.680. The molecule has 3 nitrogen and oxygen atoms in total. The minimum Gasteiger partial charge on any atom is -0.387 e. The maximum absolute atomic E-state index is 10.4. The summed E-state index contributed by atoms with van der Waals surface area (Å²) in [7, 11) is 0. The monoisotopic (exact) mass is 248 g/mol. The molecule has 0 radical (unpaired) electrons. The first-order valence-electron chi connectivity index (χ1n) is 6.66. The average Bonchev–Trinajstić information content (AvgIpc) is 2.42. The summed E-state index contributed by atoms with van der Waals surface area (Å²) in [6.45, 7) is 10.6. The molecule has 0 bridgehead atoms. The van der Waals surface area contributed by atoms with Crippen LogP contribution in [0.25, 0.3) is 0 Å². The smallest absolute Gasteiger partial charge is 0.0917 e. The summed E-state index contributed by atoms with van der Waals surface area (Å²) in [6, 6.07) is 6.77. The van der Waals surface area contributed by atoms with Crippen LogP contribution in [-0.4, -0.2) is 36.4 Å². The molecular formula is C15H24N2O. The molecule has 18 heavy (non-hydrogen) atoms. The Morgan fingerprint density at radius 2 is 2.11 bits per heavy atom. The maximum Gasteiger partial charge on any atom is 0.0917 e. The van der Waals surface area contributed by atoms with Crippen LogP contribution in [0.2, 0.25) is 0 Å². The largest absolute Gasteiger partial charge is 0.387 e. The lowest BCUT2D eigenvalue weighted by molar-refractivity contribution is 0.0718. The van der Waals surface area contributed by atoms with Crippen LogP contribution in [0, 0.1) is 13.8 Å². The van der Waals surface area contributed by atoms with Crippen LogP contribution in [0.15, 0.2) is 18.2 Å². The van der Waals surface area contributed by atoms with E-state index in [2.05, 4.69) is 49.2 Å². The van der Waals surface area contributed by atoms with Crippen LogP contribution in [-0.2, 0) is 0 Å². The van der Waals surface area contributed by atoms with E-state index in [9.17, 15) is 5.11 Å². The third-order valence-corrected chi connectivity index (χ3v) is 3.77. The van der Waals surface area contributed by atoms with Crippen molar-refractivity contribution >= 4 is 5.69 Å². The molecule has 1 aliphatic rings. The average molecular weight is 248 g/mol. The number of hydrogen-bond acceptors (Lipinski definition) is 3. The number of β-amino-alcohol motifs (C(OH)–C–C–N with tert-alkyl or cyclic N) is 1. The Morgan fingerprint density at radius 3 is 2.83 bits per heavy atom. The number of aliphatic hydroxyl groups is 1. The molecule has 0 aliphatic carbocycles. The van der Waals surface area contributed by atoms with E-state index in [1.165, 1.54) is 16.8 Å². The van der Waals surface area contributed by atoms with Gasteiger partial charge >= 0.3 is 0 Å². The molecule has 2 N–H and O–H groups in total. The first kappa shape index (κ1) is 13.4. The second-order valence-corrected chi connectivity index (χ2v) is 5.88. The van der Waals surface area contributed by atoms with Crippen molar-refractivity contribution in [3.05, 3.63) is 29.3 Å². The summed E-state index contributed by atoms with van der Waals surface area (Å²) in [4.78, 5) is 2.30. The van der Waals surface area contributed by atoms with E-state index in [1.807, 2.05) is 6.92 Å². The maximum atomic E-state index is 10.4. The van der Waals surface area contributed by atoms with Gasteiger partial charge in [-0.05, 0) is 44.9 Å². The molecule has 0 amide bonds. The number of nitrogens with zero attached hydrogens (tertiary/aromatic N) is 1. The molecule has 1 fully saturated rings. The van der Waals surface area contributed by atoms with Gasteiger partial charge in [0.15, 0.2) is 0 Å². The topological polar surface area (TPSA) is 35.5 Å². The molecule has 0 aromatic heterocycles. The third-order valence-electron chi connectivity index (χ3n) is 3.77. The summed E-state index contributed by atoms with van der Waals surface area (Å²) in [5.74, 6) is 0. The van der Waals surface area contributed by atoms with Crippen molar-refractivity contribution in [3.8, 4) is 0 Å². The van der Waals surface area contributed by atoms with Crippen LogP contribution in [0.5, 0.6) is 0 Å². The van der Waals surface area contributed by atoms with Crippen molar-refractivity contribution < 1.29 is 5.11 Å². The number of benzene rings is 1. The summed E-state index contributed by atoms with van der Waals surface area (Å²) >= 11 is 0. The lowest BCUT2D eigenvalue weighted by Crippen LogP contribution is -2.43. The van der Waals surface area contributed by atoms with Crippen molar-refractivity contribution in [1.82, 2.24) is 5.32 Å². The molecule has 1 aromatic rings. The number of aryl methyl sites for hydroxylation is 1. The van der Waals surface area contributed by atoms with E-state index < -0.39 is 5.60 Å². The van der Waals surface area contributed by atoms with E-state index in [0.717, 1.165) is 6.54 Å². The highest BCUT2D eigenvalue weighted by molar-refractivity contribution is 5.56. The number of hydrogen-bond donors (Lipinski definition) is 2. The lowest BCUT2D eigenvalue weighted by Gasteiger charge is -2.31. The third kappa shape index (κ3) is 2.85. The molecule has 2 unspecified atom stereocenters. The van der Waals surface area contributed by atoms with Gasteiger partial charge in [0.2, 0.25) is 0 Å². The van der Waals surface area contributed by atoms with Crippen molar-refractivity contribution in [2.45, 2.75) is 39.3 Å². The fraction of sp³-hybridized carbons (Fsp3) is 0.600. The fourth-order valence-electron chi connectivity index (χ4n) is 2.58. The van der Waals surface area contributed by atoms with Crippen LogP contribution >= 0.6 is 0 Å². The molecule has 1 saturated heterocycles. The quantitative estimate of drug-likeness (QED) is 0.796. The van der Waals surface area contributed by atoms with Crippen molar-refractivity contribution in [1.29, 1.82) is 0 Å². The normalized spacial score (nSPS) is 29.2. The Labute approximate surface area is 110 Å². The van der Waals surface area contributed by atoms with Gasteiger partial charge in [-0.3, -0.25) is 0 Å². The second-order valence-electron chi connectivity index (χ2n) is 5.88. The van der Waals surface area contributed by atoms with Crippen molar-refractivity contribution in [2.75, 3.05) is 24.5 Å². The van der Waals surface area contributed by atoms with Crippen molar-refractivity contribution in [3.63, 3.8) is 0 Å². The van der Waals surface area contributed by atoms with Gasteiger partial charge in [0, 0.05) is 31.4 Å². The summed E-state index contributed by atoms with van der Waals surface area (Å²) in [5, 5.41) is 13.7. The lowest BCUT2D eigenvalue weighted by atomic mass is 10.0. The number of anilines is 1. The summed E-state index contributed by atoms with van der Waals surface area (Å²) in [6.07, 6.45) is 0. The van der Waals surface area contributed by atoms with E-state index in [0.29, 0.717) is 19.1 Å². The number of rotatable bonds is 1. The van der Waals surface area contributed by atoms with Gasteiger partial charge in [-0.15, -0.1) is 0 Å². The highest BCUT2D eigenvalue weighted by Gasteiger charge is 2.29. The zero-order chi connectivity index (χ0) is 13.3. The van der Waals surface area contributed by atoms with E-state index >= 15 is 0 Å². The van der Waals surface area contributed by atoms with Crippen LogP contribution < -0.4 is 10.2 Å². The zero-order valence-electron chi connectivity index (χ0n) is 11.8. The predicted octanol–water partition coefficient (Wildman–Crippen LogP) is 1.85. The molecule has 0 spiro atoms. The van der Waals surface area contributed by atoms with Crippen molar-refractivity contribution in [2.24, 2.45) is 0 Å². The molecule has 100 valence electrons. The first-order valence-corrected chi connectivity index (χ1v) is 6.66. The highest BCUT2D eigenvalue weighted by Crippen LogP contribution is 2.25. The Balaban J connectivity index is 2.32. The van der Waals surface area contributed by atoms with E-state index in [4.69, 9.17) is 0 Å². The molecule has 1 heterocycles. The molecule has 2 atom stereocenters. The van der Waals surface area contributed by atoms with E-state index in [-0.39, 0.29) is 0 Å². The Kier molecular flexibility index (Phi) is 3.64. The van der Waals surface area contributed by atoms with Gasteiger partial charge in [0.05, 0.1) is 5.60 Å². The Morgan fingerprint density at radius 1 is 1.39 bits per heavy atom.